The zero-order chi connectivity index (χ0) is 8.39. The summed E-state index contributed by atoms with van der Waals surface area (Å²) in [5.41, 5.74) is 1.20. The zero-order valence-corrected chi connectivity index (χ0v) is 8.43. The fourth-order valence-electron chi connectivity index (χ4n) is 0.874. The van der Waals surface area contributed by atoms with E-state index in [4.69, 9.17) is 4.52 Å². The first-order valence-electron chi connectivity index (χ1n) is 3.34. The molecule has 2 rings (SSSR count). The second-order valence-electron chi connectivity index (χ2n) is 2.27. The Bertz CT molecular complexity index is 357. The SMILES string of the molecule is Brc1noc(Cc2ccsc2)n1. The third-order valence-corrected chi connectivity index (χ3v) is 2.43. The van der Waals surface area contributed by atoms with Crippen LogP contribution in [0.5, 0.6) is 0 Å². The maximum absolute atomic E-state index is 4.93. The van der Waals surface area contributed by atoms with E-state index in [0.29, 0.717) is 17.0 Å². The molecule has 0 unspecified atom stereocenters. The van der Waals surface area contributed by atoms with Gasteiger partial charge in [-0.25, -0.2) is 0 Å². The van der Waals surface area contributed by atoms with Crippen LogP contribution in [0, 0.1) is 0 Å². The highest BCUT2D eigenvalue weighted by Gasteiger charge is 2.04. The molecule has 0 aliphatic rings. The molecule has 0 aromatic carbocycles. The van der Waals surface area contributed by atoms with Gasteiger partial charge in [-0.3, -0.25) is 0 Å². The average molecular weight is 245 g/mol. The van der Waals surface area contributed by atoms with E-state index in [1.807, 2.05) is 11.4 Å². The Morgan fingerprint density at radius 3 is 3.08 bits per heavy atom. The molecule has 5 heteroatoms. The van der Waals surface area contributed by atoms with E-state index in [0.717, 1.165) is 0 Å². The first kappa shape index (κ1) is 7.94. The molecular formula is C7H5BrN2OS. The predicted molar refractivity (Wildman–Crippen MR) is 49.1 cm³/mol. The summed E-state index contributed by atoms with van der Waals surface area (Å²) in [6.45, 7) is 0. The first-order valence-corrected chi connectivity index (χ1v) is 5.07. The van der Waals surface area contributed by atoms with Crippen LogP contribution in [-0.2, 0) is 6.42 Å². The van der Waals surface area contributed by atoms with Gasteiger partial charge in [0, 0.05) is 0 Å². The molecule has 2 aromatic rings. The van der Waals surface area contributed by atoms with Crippen LogP contribution in [0.15, 0.2) is 26.1 Å². The van der Waals surface area contributed by atoms with Crippen molar-refractivity contribution < 1.29 is 4.52 Å². The van der Waals surface area contributed by atoms with Crippen molar-refractivity contribution in [1.29, 1.82) is 0 Å². The van der Waals surface area contributed by atoms with Crippen LogP contribution in [0.25, 0.3) is 0 Å². The van der Waals surface area contributed by atoms with Gasteiger partial charge in [0.1, 0.15) is 0 Å². The van der Waals surface area contributed by atoms with Gasteiger partial charge in [0.25, 0.3) is 0 Å². The van der Waals surface area contributed by atoms with Crippen molar-refractivity contribution in [2.75, 3.05) is 0 Å². The van der Waals surface area contributed by atoms with Gasteiger partial charge >= 0.3 is 0 Å². The largest absolute Gasteiger partial charge is 0.338 e. The summed E-state index contributed by atoms with van der Waals surface area (Å²) in [4.78, 5) is 4.03. The fraction of sp³-hybridized carbons (Fsp3) is 0.143. The molecule has 2 heterocycles. The molecule has 0 bridgehead atoms. The Kier molecular flexibility index (Phi) is 2.23. The number of rotatable bonds is 2. The molecule has 62 valence electrons. The number of nitrogens with zero attached hydrogens (tertiary/aromatic N) is 2. The fourth-order valence-corrected chi connectivity index (χ4v) is 1.81. The lowest BCUT2D eigenvalue weighted by molar-refractivity contribution is 0.381. The van der Waals surface area contributed by atoms with Crippen molar-refractivity contribution in [3.05, 3.63) is 33.0 Å². The summed E-state index contributed by atoms with van der Waals surface area (Å²) in [5.74, 6) is 0.639. The number of aromatic nitrogens is 2. The quantitative estimate of drug-likeness (QED) is 0.815. The summed E-state index contributed by atoms with van der Waals surface area (Å²) in [7, 11) is 0. The molecule has 0 N–H and O–H groups in total. The minimum absolute atomic E-state index is 0.507. The molecule has 0 fully saturated rings. The van der Waals surface area contributed by atoms with Gasteiger partial charge in [-0.05, 0) is 43.5 Å². The van der Waals surface area contributed by atoms with Crippen molar-refractivity contribution in [3.8, 4) is 0 Å². The average Bonchev–Trinajstić information content (AvgIpc) is 2.63. The normalized spacial score (nSPS) is 10.4. The Morgan fingerprint density at radius 1 is 1.58 bits per heavy atom. The molecule has 2 aromatic heterocycles. The number of hydrogen-bond donors (Lipinski definition) is 0. The molecule has 0 saturated heterocycles. The van der Waals surface area contributed by atoms with Crippen LogP contribution in [-0.4, -0.2) is 10.1 Å². The van der Waals surface area contributed by atoms with Crippen LogP contribution in [0.1, 0.15) is 11.5 Å². The second-order valence-corrected chi connectivity index (χ2v) is 3.75. The number of hydrogen-bond acceptors (Lipinski definition) is 4. The summed E-state index contributed by atoms with van der Waals surface area (Å²) in [6, 6.07) is 2.04. The lowest BCUT2D eigenvalue weighted by Gasteiger charge is -1.86. The van der Waals surface area contributed by atoms with Crippen LogP contribution >= 0.6 is 27.3 Å². The molecule has 0 amide bonds. The predicted octanol–water partition coefficient (Wildman–Crippen LogP) is 2.48. The van der Waals surface area contributed by atoms with E-state index in [1.165, 1.54) is 5.56 Å². The van der Waals surface area contributed by atoms with Gasteiger partial charge < -0.3 is 4.52 Å². The minimum Gasteiger partial charge on any atom is -0.338 e. The molecule has 0 aliphatic heterocycles. The highest BCUT2D eigenvalue weighted by atomic mass is 79.9. The maximum Gasteiger partial charge on any atom is 0.238 e. The highest BCUT2D eigenvalue weighted by molar-refractivity contribution is 9.10. The van der Waals surface area contributed by atoms with E-state index in [-0.39, 0.29) is 0 Å². The van der Waals surface area contributed by atoms with Crippen molar-refractivity contribution >= 4 is 27.3 Å². The smallest absolute Gasteiger partial charge is 0.238 e. The van der Waals surface area contributed by atoms with Crippen LogP contribution in [0.2, 0.25) is 0 Å². The molecule has 0 saturated carbocycles. The van der Waals surface area contributed by atoms with E-state index in [2.05, 4.69) is 31.5 Å². The van der Waals surface area contributed by atoms with Gasteiger partial charge in [0.05, 0.1) is 6.42 Å². The summed E-state index contributed by atoms with van der Waals surface area (Å²) in [6.07, 6.45) is 0.710. The lowest BCUT2D eigenvalue weighted by Crippen LogP contribution is -1.84. The van der Waals surface area contributed by atoms with Crippen LogP contribution < -0.4 is 0 Å². The Hall–Kier alpha value is -0.680. The zero-order valence-electron chi connectivity index (χ0n) is 6.03. The van der Waals surface area contributed by atoms with E-state index < -0.39 is 0 Å². The van der Waals surface area contributed by atoms with Gasteiger partial charge in [0.2, 0.25) is 10.6 Å². The third kappa shape index (κ3) is 1.73. The van der Waals surface area contributed by atoms with Crippen molar-refractivity contribution in [3.63, 3.8) is 0 Å². The van der Waals surface area contributed by atoms with Gasteiger partial charge in [0.15, 0.2) is 0 Å². The van der Waals surface area contributed by atoms with Gasteiger partial charge in [-0.1, -0.05) is 0 Å². The molecule has 3 nitrogen and oxygen atoms in total. The molecule has 0 aliphatic carbocycles. The van der Waals surface area contributed by atoms with Gasteiger partial charge in [-0.2, -0.15) is 16.3 Å². The molecular weight excluding hydrogens is 240 g/mol. The monoisotopic (exact) mass is 244 g/mol. The Labute approximate surface area is 81.5 Å². The Balaban J connectivity index is 2.14. The topological polar surface area (TPSA) is 38.9 Å². The maximum atomic E-state index is 4.93. The van der Waals surface area contributed by atoms with Crippen LogP contribution in [0.4, 0.5) is 0 Å². The molecule has 0 atom stereocenters. The van der Waals surface area contributed by atoms with E-state index in [9.17, 15) is 0 Å². The van der Waals surface area contributed by atoms with Crippen molar-refractivity contribution in [2.45, 2.75) is 6.42 Å². The minimum atomic E-state index is 0.507. The first-order chi connectivity index (χ1) is 5.84. The van der Waals surface area contributed by atoms with E-state index in [1.54, 1.807) is 11.3 Å². The number of thiophene rings is 1. The highest BCUT2D eigenvalue weighted by Crippen LogP contribution is 2.12. The summed E-state index contributed by atoms with van der Waals surface area (Å²) >= 11 is 4.79. The molecule has 12 heavy (non-hydrogen) atoms. The molecule has 0 spiro atoms. The lowest BCUT2D eigenvalue weighted by atomic mass is 10.2. The Morgan fingerprint density at radius 2 is 2.50 bits per heavy atom. The van der Waals surface area contributed by atoms with Crippen molar-refractivity contribution in [2.24, 2.45) is 0 Å². The van der Waals surface area contributed by atoms with Crippen molar-refractivity contribution in [1.82, 2.24) is 10.1 Å². The number of halogens is 1. The standard InChI is InChI=1S/C7H5BrN2OS/c8-7-9-6(11-10-7)3-5-1-2-12-4-5/h1-2,4H,3H2. The summed E-state index contributed by atoms with van der Waals surface area (Å²) in [5, 5.41) is 7.73. The third-order valence-electron chi connectivity index (χ3n) is 1.38. The second kappa shape index (κ2) is 3.37. The van der Waals surface area contributed by atoms with Crippen LogP contribution in [0.3, 0.4) is 0 Å². The molecule has 0 radical (unpaired) electrons. The summed E-state index contributed by atoms with van der Waals surface area (Å²) < 4.78 is 5.44. The van der Waals surface area contributed by atoms with Gasteiger partial charge in [-0.15, -0.1) is 0 Å². The van der Waals surface area contributed by atoms with E-state index >= 15 is 0 Å².